The van der Waals surface area contributed by atoms with E-state index in [2.05, 4.69) is 10.3 Å². The molecule has 0 fully saturated rings. The van der Waals surface area contributed by atoms with Crippen molar-refractivity contribution >= 4 is 33.1 Å². The van der Waals surface area contributed by atoms with Crippen molar-refractivity contribution in [3.8, 4) is 0 Å². The average molecular weight is 345 g/mol. The van der Waals surface area contributed by atoms with Gasteiger partial charge in [-0.05, 0) is 50.6 Å². The molecule has 0 aliphatic carbocycles. The van der Waals surface area contributed by atoms with Crippen LogP contribution < -0.4 is 10.9 Å². The summed E-state index contributed by atoms with van der Waals surface area (Å²) in [4.78, 5) is 31.1. The number of anilines is 1. The van der Waals surface area contributed by atoms with Crippen molar-refractivity contribution < 1.29 is 9.18 Å². The molecule has 2 aromatic heterocycles. The molecule has 2 heterocycles. The Morgan fingerprint density at radius 2 is 1.96 bits per heavy atom. The van der Waals surface area contributed by atoms with Gasteiger partial charge in [-0.2, -0.15) is 0 Å². The summed E-state index contributed by atoms with van der Waals surface area (Å²) in [6.45, 7) is 5.45. The number of carbonyl (C=O) groups excluding carboxylic acids is 1. The van der Waals surface area contributed by atoms with Crippen LogP contribution in [0.1, 0.15) is 23.4 Å². The van der Waals surface area contributed by atoms with Crippen molar-refractivity contribution in [3.05, 3.63) is 57.2 Å². The van der Waals surface area contributed by atoms with E-state index >= 15 is 0 Å². The Balaban J connectivity index is 1.93. The van der Waals surface area contributed by atoms with E-state index in [1.807, 2.05) is 13.8 Å². The predicted molar refractivity (Wildman–Crippen MR) is 93.1 cm³/mol. The molecule has 0 aliphatic rings. The molecule has 0 saturated carbocycles. The average Bonchev–Trinajstić information content (AvgIpc) is 2.85. The maximum Gasteiger partial charge on any atom is 0.263 e. The molecule has 3 aromatic rings. The van der Waals surface area contributed by atoms with E-state index in [0.29, 0.717) is 15.9 Å². The van der Waals surface area contributed by atoms with Crippen LogP contribution in [0, 0.1) is 19.7 Å². The molecule has 0 radical (unpaired) electrons. The van der Waals surface area contributed by atoms with Crippen molar-refractivity contribution in [1.82, 2.24) is 9.55 Å². The summed E-state index contributed by atoms with van der Waals surface area (Å²) in [5, 5.41) is 3.23. The lowest BCUT2D eigenvalue weighted by atomic mass is 10.2. The third kappa shape index (κ3) is 2.82. The summed E-state index contributed by atoms with van der Waals surface area (Å²) in [5.74, 6) is -0.746. The minimum absolute atomic E-state index is 0.233. The number of nitrogens with one attached hydrogen (secondary N) is 1. The minimum atomic E-state index is -0.737. The number of hydrogen-bond donors (Lipinski definition) is 1. The fourth-order valence-electron chi connectivity index (χ4n) is 2.43. The number of amides is 1. The largest absolute Gasteiger partial charge is 0.324 e. The molecule has 0 spiro atoms. The molecule has 0 aliphatic heterocycles. The van der Waals surface area contributed by atoms with Crippen LogP contribution in [0.5, 0.6) is 0 Å². The van der Waals surface area contributed by atoms with Gasteiger partial charge in [0.15, 0.2) is 0 Å². The van der Waals surface area contributed by atoms with Crippen molar-refractivity contribution in [3.63, 3.8) is 0 Å². The second-order valence-corrected chi connectivity index (χ2v) is 6.80. The zero-order chi connectivity index (χ0) is 17.4. The number of nitrogens with zero attached hydrogens (tertiary/aromatic N) is 2. The molecule has 24 heavy (non-hydrogen) atoms. The van der Waals surface area contributed by atoms with Gasteiger partial charge in [-0.25, -0.2) is 9.37 Å². The van der Waals surface area contributed by atoms with Gasteiger partial charge in [0.2, 0.25) is 5.91 Å². The Morgan fingerprint density at radius 3 is 2.62 bits per heavy atom. The maximum absolute atomic E-state index is 12.9. The van der Waals surface area contributed by atoms with E-state index < -0.39 is 6.04 Å². The van der Waals surface area contributed by atoms with E-state index in [1.165, 1.54) is 46.5 Å². The lowest BCUT2D eigenvalue weighted by Gasteiger charge is -2.15. The van der Waals surface area contributed by atoms with Crippen molar-refractivity contribution in [2.24, 2.45) is 0 Å². The zero-order valence-electron chi connectivity index (χ0n) is 13.5. The van der Waals surface area contributed by atoms with Gasteiger partial charge in [0.05, 0.1) is 11.7 Å². The summed E-state index contributed by atoms with van der Waals surface area (Å²) in [6, 6.07) is 4.72. The molecule has 1 amide bonds. The zero-order valence-corrected chi connectivity index (χ0v) is 14.3. The highest BCUT2D eigenvalue weighted by Crippen LogP contribution is 2.26. The first kappa shape index (κ1) is 16.3. The Morgan fingerprint density at radius 1 is 1.29 bits per heavy atom. The van der Waals surface area contributed by atoms with Crippen molar-refractivity contribution in [2.75, 3.05) is 5.32 Å². The highest BCUT2D eigenvalue weighted by molar-refractivity contribution is 7.18. The van der Waals surface area contributed by atoms with Crippen LogP contribution in [0.3, 0.4) is 0 Å². The number of fused-ring (bicyclic) bond motifs is 1. The molecule has 7 heteroatoms. The summed E-state index contributed by atoms with van der Waals surface area (Å²) in [7, 11) is 0. The smallest absolute Gasteiger partial charge is 0.263 e. The van der Waals surface area contributed by atoms with Crippen LogP contribution in [0.2, 0.25) is 0 Å². The van der Waals surface area contributed by atoms with E-state index in [4.69, 9.17) is 0 Å². The van der Waals surface area contributed by atoms with Gasteiger partial charge in [0.25, 0.3) is 5.56 Å². The monoisotopic (exact) mass is 345 g/mol. The SMILES string of the molecule is Cc1sc2ncn([C@@H](C)C(=O)Nc3ccc(F)cc3)c(=O)c2c1C. The standard InChI is InChI=1S/C17H16FN3O2S/c1-9-11(3)24-16-14(9)17(23)21(8-19-16)10(2)15(22)20-13-6-4-12(18)5-7-13/h4-8,10H,1-3H3,(H,20,22)/t10-/m0/s1. The number of rotatable bonds is 3. The van der Waals surface area contributed by atoms with Crippen molar-refractivity contribution in [1.29, 1.82) is 0 Å². The number of aryl methyl sites for hydroxylation is 2. The summed E-state index contributed by atoms with van der Waals surface area (Å²) in [5.41, 5.74) is 1.13. The van der Waals surface area contributed by atoms with E-state index in [0.717, 1.165) is 10.4 Å². The van der Waals surface area contributed by atoms with Crippen LogP contribution in [-0.4, -0.2) is 15.5 Å². The normalized spacial score (nSPS) is 12.3. The number of aromatic nitrogens is 2. The topological polar surface area (TPSA) is 64.0 Å². The third-order valence-corrected chi connectivity index (χ3v) is 5.14. The third-order valence-electron chi connectivity index (χ3n) is 4.02. The molecule has 0 unspecified atom stereocenters. The van der Waals surface area contributed by atoms with Crippen LogP contribution in [0.4, 0.5) is 10.1 Å². The molecule has 1 aromatic carbocycles. The molecule has 5 nitrogen and oxygen atoms in total. The van der Waals surface area contributed by atoms with Crippen LogP contribution in [0.15, 0.2) is 35.4 Å². The van der Waals surface area contributed by atoms with Gasteiger partial charge in [0.1, 0.15) is 16.7 Å². The Hall–Kier alpha value is -2.54. The van der Waals surface area contributed by atoms with Gasteiger partial charge >= 0.3 is 0 Å². The fraction of sp³-hybridized carbons (Fsp3) is 0.235. The molecule has 3 rings (SSSR count). The number of thiophene rings is 1. The first-order chi connectivity index (χ1) is 11.4. The molecule has 0 saturated heterocycles. The molecular weight excluding hydrogens is 329 g/mol. The van der Waals surface area contributed by atoms with Gasteiger partial charge in [-0.3, -0.25) is 14.2 Å². The quantitative estimate of drug-likeness (QED) is 0.791. The van der Waals surface area contributed by atoms with E-state index in [1.54, 1.807) is 6.92 Å². The summed E-state index contributed by atoms with van der Waals surface area (Å²) < 4.78 is 14.2. The Kier molecular flexibility index (Phi) is 4.19. The lowest BCUT2D eigenvalue weighted by molar-refractivity contribution is -0.118. The summed E-state index contributed by atoms with van der Waals surface area (Å²) in [6.07, 6.45) is 1.40. The van der Waals surface area contributed by atoms with Crippen LogP contribution in [0.25, 0.3) is 10.2 Å². The minimum Gasteiger partial charge on any atom is -0.324 e. The first-order valence-corrected chi connectivity index (χ1v) is 8.23. The van der Waals surface area contributed by atoms with Gasteiger partial charge < -0.3 is 5.32 Å². The van der Waals surface area contributed by atoms with Crippen LogP contribution >= 0.6 is 11.3 Å². The fourth-order valence-corrected chi connectivity index (χ4v) is 3.42. The number of carbonyl (C=O) groups is 1. The molecule has 124 valence electrons. The highest BCUT2D eigenvalue weighted by atomic mass is 32.1. The predicted octanol–water partition coefficient (Wildman–Crippen LogP) is 3.41. The number of halogens is 1. The Bertz CT molecular complexity index is 976. The van der Waals surface area contributed by atoms with Crippen molar-refractivity contribution in [2.45, 2.75) is 26.8 Å². The van der Waals surface area contributed by atoms with Crippen LogP contribution in [-0.2, 0) is 4.79 Å². The number of benzene rings is 1. The second-order valence-electron chi connectivity index (χ2n) is 5.59. The molecule has 1 N–H and O–H groups in total. The second kappa shape index (κ2) is 6.16. The van der Waals surface area contributed by atoms with Gasteiger partial charge in [-0.15, -0.1) is 11.3 Å². The van der Waals surface area contributed by atoms with Gasteiger partial charge in [-0.1, -0.05) is 0 Å². The van der Waals surface area contributed by atoms with E-state index in [-0.39, 0.29) is 17.3 Å². The summed E-state index contributed by atoms with van der Waals surface area (Å²) >= 11 is 1.47. The van der Waals surface area contributed by atoms with E-state index in [9.17, 15) is 14.0 Å². The maximum atomic E-state index is 12.9. The molecule has 0 bridgehead atoms. The first-order valence-electron chi connectivity index (χ1n) is 7.41. The number of hydrogen-bond acceptors (Lipinski definition) is 4. The Labute approximate surface area is 141 Å². The van der Waals surface area contributed by atoms with Gasteiger partial charge in [0, 0.05) is 10.6 Å². The molecular formula is C17H16FN3O2S. The highest BCUT2D eigenvalue weighted by Gasteiger charge is 2.20. The lowest BCUT2D eigenvalue weighted by Crippen LogP contribution is -2.31. The molecule has 1 atom stereocenters.